The van der Waals surface area contributed by atoms with Crippen molar-refractivity contribution in [3.8, 4) is 0 Å². The van der Waals surface area contributed by atoms with E-state index in [1.54, 1.807) is 12.7 Å². The molecule has 0 aromatic carbocycles. The molecular weight excluding hydrogens is 621 g/mol. The Balaban J connectivity index is 1.02. The molecule has 0 radical (unpaired) electrons. The van der Waals surface area contributed by atoms with Crippen molar-refractivity contribution in [2.45, 2.75) is 76.9 Å². The Kier molecular flexibility index (Phi) is 9.56. The average molecular weight is 669 g/mol. The molecule has 6 rings (SSSR count). The van der Waals surface area contributed by atoms with Crippen molar-refractivity contribution < 1.29 is 8.42 Å². The maximum atomic E-state index is 13.5. The number of rotatable bonds is 12. The van der Waals surface area contributed by atoms with Crippen LogP contribution in [-0.2, 0) is 26.0 Å². The lowest BCUT2D eigenvalue weighted by Crippen LogP contribution is -2.37. The highest BCUT2D eigenvalue weighted by Crippen LogP contribution is 2.34. The van der Waals surface area contributed by atoms with Crippen molar-refractivity contribution in [2.75, 3.05) is 46.9 Å². The van der Waals surface area contributed by atoms with Crippen LogP contribution >= 0.6 is 0 Å². The molecule has 4 aromatic heterocycles. The summed E-state index contributed by atoms with van der Waals surface area (Å²) in [6.07, 6.45) is 14.9. The predicted molar refractivity (Wildman–Crippen MR) is 187 cm³/mol. The maximum Gasteiger partial charge on any atom is 0.145 e. The molecule has 0 amide bonds. The number of fused-ring (bicyclic) bond motifs is 2. The van der Waals surface area contributed by atoms with E-state index in [-0.39, 0.29) is 0 Å². The first-order valence-electron chi connectivity index (χ1n) is 16.6. The van der Waals surface area contributed by atoms with Crippen LogP contribution in [0.25, 0.3) is 22.1 Å². The van der Waals surface area contributed by atoms with Gasteiger partial charge in [-0.05, 0) is 75.3 Å². The summed E-state index contributed by atoms with van der Waals surface area (Å²) in [6.45, 7) is 2.33. The first-order valence-corrected chi connectivity index (χ1v) is 20.3. The molecule has 2 saturated carbocycles. The normalized spacial score (nSPS) is 24.8. The molecule has 2 aliphatic rings. The van der Waals surface area contributed by atoms with E-state index < -0.39 is 19.5 Å². The van der Waals surface area contributed by atoms with Gasteiger partial charge < -0.3 is 19.4 Å². The fourth-order valence-electron chi connectivity index (χ4n) is 7.54. The van der Waals surface area contributed by atoms with Crippen LogP contribution < -0.4 is 9.80 Å². The van der Waals surface area contributed by atoms with Gasteiger partial charge in [0.1, 0.15) is 35.6 Å². The van der Waals surface area contributed by atoms with E-state index in [1.807, 2.05) is 36.0 Å². The first kappa shape index (κ1) is 32.7. The van der Waals surface area contributed by atoms with Gasteiger partial charge in [0.15, 0.2) is 0 Å². The van der Waals surface area contributed by atoms with E-state index in [1.165, 1.54) is 0 Å². The number of hydrogen-bond donors (Lipinski definition) is 3. The van der Waals surface area contributed by atoms with E-state index in [0.717, 1.165) is 85.1 Å². The maximum absolute atomic E-state index is 13.5. The summed E-state index contributed by atoms with van der Waals surface area (Å²) < 4.78 is 44.6. The second-order valence-corrected chi connectivity index (χ2v) is 18.3. The molecule has 2 atom stereocenters. The van der Waals surface area contributed by atoms with Crippen LogP contribution in [-0.4, -0.2) is 87.1 Å². The average Bonchev–Trinajstić information content (AvgIpc) is 3.71. The fourth-order valence-corrected chi connectivity index (χ4v) is 10.6. The number of aromatic nitrogens is 6. The summed E-state index contributed by atoms with van der Waals surface area (Å²) in [5.74, 6) is 4.17. The zero-order valence-corrected chi connectivity index (χ0v) is 28.9. The van der Waals surface area contributed by atoms with Gasteiger partial charge in [0.25, 0.3) is 0 Å². The van der Waals surface area contributed by atoms with E-state index in [4.69, 9.17) is 9.56 Å². The van der Waals surface area contributed by atoms with Crippen molar-refractivity contribution in [1.82, 2.24) is 29.5 Å². The van der Waals surface area contributed by atoms with Crippen molar-refractivity contribution in [3.05, 3.63) is 37.2 Å². The molecule has 14 heteroatoms. The molecule has 2 fully saturated rings. The lowest BCUT2D eigenvalue weighted by Gasteiger charge is -2.35. The van der Waals surface area contributed by atoms with Gasteiger partial charge in [-0.3, -0.25) is 9.56 Å². The number of aromatic amines is 1. The topological polar surface area (TPSA) is 161 Å². The molecule has 0 aliphatic heterocycles. The van der Waals surface area contributed by atoms with Crippen LogP contribution in [0, 0.1) is 21.4 Å². The smallest absolute Gasteiger partial charge is 0.145 e. The van der Waals surface area contributed by atoms with Gasteiger partial charge in [-0.15, -0.1) is 0 Å². The molecule has 4 heterocycles. The number of aryl methyl sites for hydroxylation is 1. The van der Waals surface area contributed by atoms with Gasteiger partial charge >= 0.3 is 0 Å². The van der Waals surface area contributed by atoms with E-state index >= 15 is 0 Å². The fraction of sp³-hybridized carbons (Fsp3) is 0.625. The highest BCUT2D eigenvalue weighted by molar-refractivity contribution is 7.92. The van der Waals surface area contributed by atoms with Crippen LogP contribution in [0.15, 0.2) is 37.2 Å². The highest BCUT2D eigenvalue weighted by Gasteiger charge is 2.29. The van der Waals surface area contributed by atoms with Crippen molar-refractivity contribution in [2.24, 2.45) is 11.8 Å². The minimum Gasteiger partial charge on any atom is -0.356 e. The predicted octanol–water partition coefficient (Wildman–Crippen LogP) is 5.51. The van der Waals surface area contributed by atoms with Gasteiger partial charge in [0, 0.05) is 87.6 Å². The van der Waals surface area contributed by atoms with Gasteiger partial charge in [-0.25, -0.2) is 28.4 Å². The molecule has 3 N–H and O–H groups in total. The Morgan fingerprint density at radius 1 is 0.804 bits per heavy atom. The molecule has 0 bridgehead atoms. The molecule has 12 nitrogen and oxygen atoms in total. The van der Waals surface area contributed by atoms with Gasteiger partial charge in [-0.1, -0.05) is 6.92 Å². The SMILES string of the molecule is CCS(=N)(=O)CC1CCC(N(C)c2ncnc3c2ccn3CCS(=N)(=O)CC2CCC(N(C)c3ncnc4[nH]ccc34)CC2)CC1. The van der Waals surface area contributed by atoms with Gasteiger partial charge in [-0.2, -0.15) is 0 Å². The summed E-state index contributed by atoms with van der Waals surface area (Å²) in [7, 11) is -1.02. The summed E-state index contributed by atoms with van der Waals surface area (Å²) in [6, 6.07) is 4.74. The van der Waals surface area contributed by atoms with Crippen molar-refractivity contribution in [3.63, 3.8) is 0 Å². The Labute approximate surface area is 272 Å². The molecule has 4 aromatic rings. The molecule has 0 saturated heterocycles. The Bertz CT molecular complexity index is 1850. The number of nitrogens with zero attached hydrogens (tertiary/aromatic N) is 7. The van der Waals surface area contributed by atoms with Gasteiger partial charge in [0.05, 0.1) is 10.8 Å². The number of H-pyrrole nitrogens is 1. The van der Waals surface area contributed by atoms with Crippen molar-refractivity contribution in [1.29, 1.82) is 9.56 Å². The zero-order valence-electron chi connectivity index (χ0n) is 27.2. The highest BCUT2D eigenvalue weighted by atomic mass is 32.2. The van der Waals surface area contributed by atoms with Crippen LogP contribution in [0.3, 0.4) is 0 Å². The summed E-state index contributed by atoms with van der Waals surface area (Å²) >= 11 is 0. The van der Waals surface area contributed by atoms with E-state index in [2.05, 4.69) is 48.8 Å². The molecule has 250 valence electrons. The third-order valence-electron chi connectivity index (χ3n) is 10.4. The second kappa shape index (κ2) is 13.5. The standard InChI is InChI=1S/C32H48N10O2S2/c1-4-45(33,43)19-23-5-9-26(10-6-23)41(3)31-28-14-16-42(32(28)39-22-38-31)17-18-46(34,44)20-24-7-11-25(12-8-24)40(2)30-27-13-15-35-29(27)36-21-37-30/h13-16,21-26,33-34H,4-12,17-20H2,1-3H3,(H,35,36,37). The van der Waals surface area contributed by atoms with Crippen LogP contribution in [0.1, 0.15) is 58.3 Å². The molecule has 46 heavy (non-hydrogen) atoms. The van der Waals surface area contributed by atoms with Gasteiger partial charge in [0.2, 0.25) is 0 Å². The van der Waals surface area contributed by atoms with Crippen LogP contribution in [0.4, 0.5) is 11.6 Å². The quantitative estimate of drug-likeness (QED) is 0.178. The molecular formula is C32H48N10O2S2. The number of nitrogens with one attached hydrogen (secondary N) is 3. The molecule has 2 aliphatic carbocycles. The Morgan fingerprint density at radius 3 is 1.98 bits per heavy atom. The minimum absolute atomic E-state index is 0.293. The Morgan fingerprint density at radius 2 is 1.37 bits per heavy atom. The summed E-state index contributed by atoms with van der Waals surface area (Å²) in [4.78, 5) is 25.7. The lowest BCUT2D eigenvalue weighted by atomic mass is 9.86. The third-order valence-corrected chi connectivity index (χ3v) is 14.2. The summed E-state index contributed by atoms with van der Waals surface area (Å²) in [5, 5.41) is 1.99. The molecule has 0 spiro atoms. The van der Waals surface area contributed by atoms with Crippen LogP contribution in [0.2, 0.25) is 0 Å². The lowest BCUT2D eigenvalue weighted by molar-refractivity contribution is 0.342. The number of anilines is 2. The minimum atomic E-state index is -2.75. The second-order valence-electron chi connectivity index (χ2n) is 13.4. The Hall–Kier alpha value is -3.26. The van der Waals surface area contributed by atoms with Crippen LogP contribution in [0.5, 0.6) is 0 Å². The molecule has 2 unspecified atom stereocenters. The largest absolute Gasteiger partial charge is 0.356 e. The first-order chi connectivity index (χ1) is 22.0. The van der Waals surface area contributed by atoms with Crippen molar-refractivity contribution >= 4 is 53.2 Å². The summed E-state index contributed by atoms with van der Waals surface area (Å²) in [5.41, 5.74) is 1.65. The van der Waals surface area contributed by atoms with E-state index in [9.17, 15) is 8.42 Å². The third kappa shape index (κ3) is 7.17. The zero-order chi connectivity index (χ0) is 32.5. The van der Waals surface area contributed by atoms with E-state index in [0.29, 0.717) is 53.5 Å². The monoisotopic (exact) mass is 668 g/mol. The number of hydrogen-bond acceptors (Lipinski definition) is 10.